The van der Waals surface area contributed by atoms with Crippen LogP contribution in [0.3, 0.4) is 0 Å². The summed E-state index contributed by atoms with van der Waals surface area (Å²) in [6, 6.07) is -24.0. The van der Waals surface area contributed by atoms with E-state index < -0.39 is 263 Å². The standard InChI is InChI=1S/C45H27N3O2/c1-3-12-28(13-4-1)32-26-36(42-34-17-8-10-20-38(34)50-40(42)27-32)29-22-24-31(25-23-29)44-46-43(30-14-5-2-6-15-30)47-45(48-44)35-18-11-21-39-41(35)33-16-7-9-19-37(33)49-39/h1-27H/i1D,2D,3D,4D,5D,6D,7D,8D,9D,10D,11D,12D,13D,14D,15D,16D,17D,18D,19D,20D,21D,22D,23D,24D,25D,26D,27D. The molecule has 0 saturated carbocycles. The van der Waals surface area contributed by atoms with Gasteiger partial charge in [-0.05, 0) is 52.5 Å². The number of furan rings is 2. The summed E-state index contributed by atoms with van der Waals surface area (Å²) < 4.78 is 249. The largest absolute Gasteiger partial charge is 0.456 e. The van der Waals surface area contributed by atoms with E-state index in [1.807, 2.05) is 0 Å². The first-order valence-electron chi connectivity index (χ1n) is 27.9. The Balaban J connectivity index is 1.37. The predicted molar refractivity (Wildman–Crippen MR) is 202 cm³/mol. The van der Waals surface area contributed by atoms with Gasteiger partial charge in [-0.3, -0.25) is 0 Å². The highest BCUT2D eigenvalue weighted by atomic mass is 16.3. The molecule has 10 rings (SSSR count). The molecule has 234 valence electrons. The van der Waals surface area contributed by atoms with Crippen molar-refractivity contribution < 1.29 is 45.8 Å². The molecule has 0 aliphatic heterocycles. The van der Waals surface area contributed by atoms with Crippen molar-refractivity contribution in [1.29, 1.82) is 0 Å². The molecule has 5 heteroatoms. The molecule has 0 amide bonds. The highest BCUT2D eigenvalue weighted by molar-refractivity contribution is 6.14. The van der Waals surface area contributed by atoms with Crippen molar-refractivity contribution >= 4 is 43.9 Å². The maximum Gasteiger partial charge on any atom is 0.164 e. The summed E-state index contributed by atoms with van der Waals surface area (Å²) in [5.41, 5.74) is -7.74. The lowest BCUT2D eigenvalue weighted by Gasteiger charge is -2.11. The second kappa shape index (κ2) is 11.4. The highest BCUT2D eigenvalue weighted by Crippen LogP contribution is 2.41. The van der Waals surface area contributed by atoms with E-state index >= 15 is 0 Å². The Morgan fingerprint density at radius 2 is 0.840 bits per heavy atom. The quantitative estimate of drug-likeness (QED) is 0.183. The third kappa shape index (κ3) is 4.67. The lowest BCUT2D eigenvalue weighted by atomic mass is 9.94. The van der Waals surface area contributed by atoms with Crippen LogP contribution in [0.25, 0.3) is 100 Å². The first-order valence-corrected chi connectivity index (χ1v) is 14.4. The molecule has 3 aromatic heterocycles. The van der Waals surface area contributed by atoms with Crippen LogP contribution in [-0.2, 0) is 0 Å². The van der Waals surface area contributed by atoms with E-state index in [0.29, 0.717) is 0 Å². The molecule has 0 bridgehead atoms. The molecule has 0 radical (unpaired) electrons. The van der Waals surface area contributed by atoms with Crippen LogP contribution in [0, 0.1) is 0 Å². The van der Waals surface area contributed by atoms with Gasteiger partial charge >= 0.3 is 0 Å². The second-order valence-corrected chi connectivity index (χ2v) is 10.3. The molecule has 0 saturated heterocycles. The summed E-state index contributed by atoms with van der Waals surface area (Å²) >= 11 is 0. The number of nitrogens with zero attached hydrogens (tertiary/aromatic N) is 3. The van der Waals surface area contributed by atoms with Gasteiger partial charge < -0.3 is 8.83 Å². The molecule has 0 aliphatic rings. The van der Waals surface area contributed by atoms with Crippen LogP contribution >= 0.6 is 0 Å². The average Bonchev–Trinajstić information content (AvgIpc) is 4.00. The Bertz CT molecular complexity index is 4350. The van der Waals surface area contributed by atoms with Crippen molar-refractivity contribution in [1.82, 2.24) is 15.0 Å². The van der Waals surface area contributed by atoms with Gasteiger partial charge in [0, 0.05) is 38.2 Å². The average molecular weight is 669 g/mol. The minimum atomic E-state index is -1.09. The molecule has 0 aliphatic carbocycles. The minimum absolute atomic E-state index is 0.432. The molecule has 7 aromatic carbocycles. The molecule has 0 fully saturated rings. The van der Waals surface area contributed by atoms with E-state index in [2.05, 4.69) is 15.0 Å². The van der Waals surface area contributed by atoms with Gasteiger partial charge in [-0.2, -0.15) is 0 Å². The van der Waals surface area contributed by atoms with Crippen molar-refractivity contribution in [2.45, 2.75) is 0 Å². The predicted octanol–water partition coefficient (Wildman–Crippen LogP) is 12.0. The van der Waals surface area contributed by atoms with Crippen molar-refractivity contribution in [2.24, 2.45) is 0 Å². The van der Waals surface area contributed by atoms with Gasteiger partial charge in [-0.15, -0.1) is 0 Å². The van der Waals surface area contributed by atoms with Crippen molar-refractivity contribution in [2.75, 3.05) is 0 Å². The number of fused-ring (bicyclic) bond motifs is 6. The molecule has 50 heavy (non-hydrogen) atoms. The number of benzene rings is 7. The van der Waals surface area contributed by atoms with Gasteiger partial charge in [-0.25, -0.2) is 15.0 Å². The van der Waals surface area contributed by atoms with Crippen LogP contribution in [0.4, 0.5) is 0 Å². The van der Waals surface area contributed by atoms with E-state index in [4.69, 9.17) is 37.6 Å². The summed E-state index contributed by atoms with van der Waals surface area (Å²) in [6.45, 7) is 0. The van der Waals surface area contributed by atoms with Crippen molar-refractivity contribution in [3.63, 3.8) is 0 Å². The smallest absolute Gasteiger partial charge is 0.164 e. The van der Waals surface area contributed by atoms with Gasteiger partial charge in [0.2, 0.25) is 0 Å². The van der Waals surface area contributed by atoms with Gasteiger partial charge in [0.25, 0.3) is 0 Å². The lowest BCUT2D eigenvalue weighted by molar-refractivity contribution is 0.668. The van der Waals surface area contributed by atoms with Crippen LogP contribution in [0.5, 0.6) is 0 Å². The second-order valence-electron chi connectivity index (χ2n) is 10.3. The number of hydrogen-bond donors (Lipinski definition) is 0. The monoisotopic (exact) mass is 668 g/mol. The first-order chi connectivity index (χ1) is 36.0. The Hall–Kier alpha value is -6.85. The fraction of sp³-hybridized carbons (Fsp3) is 0. The molecule has 5 nitrogen and oxygen atoms in total. The van der Waals surface area contributed by atoms with Crippen LogP contribution < -0.4 is 0 Å². The molecule has 0 spiro atoms. The zero-order valence-corrected chi connectivity index (χ0v) is 24.7. The fourth-order valence-corrected chi connectivity index (χ4v) is 5.32. The van der Waals surface area contributed by atoms with Crippen molar-refractivity contribution in [3.05, 3.63) is 163 Å². The van der Waals surface area contributed by atoms with Gasteiger partial charge in [0.1, 0.15) is 22.3 Å². The van der Waals surface area contributed by atoms with Crippen LogP contribution in [0.1, 0.15) is 37.0 Å². The zero-order valence-electron chi connectivity index (χ0n) is 51.7. The van der Waals surface area contributed by atoms with Crippen LogP contribution in [0.2, 0.25) is 0 Å². The maximum absolute atomic E-state index is 9.68. The Morgan fingerprint density at radius 1 is 0.340 bits per heavy atom. The van der Waals surface area contributed by atoms with Gasteiger partial charge in [-0.1, -0.05) is 133 Å². The molecule has 0 N–H and O–H groups in total. The van der Waals surface area contributed by atoms with E-state index in [9.17, 15) is 8.22 Å². The number of aromatic nitrogens is 3. The molecular formula is C45H27N3O2. The molecular weight excluding hydrogens is 615 g/mol. The summed E-state index contributed by atoms with van der Waals surface area (Å²) in [5.74, 6) is -2.54. The number of rotatable bonds is 5. The fourth-order valence-electron chi connectivity index (χ4n) is 5.32. The van der Waals surface area contributed by atoms with Crippen molar-refractivity contribution in [3.8, 4) is 56.4 Å². The maximum atomic E-state index is 9.68. The van der Waals surface area contributed by atoms with Crippen LogP contribution in [-0.4, -0.2) is 15.0 Å². The van der Waals surface area contributed by atoms with E-state index in [0.717, 1.165) is 0 Å². The molecule has 3 heterocycles. The number of hydrogen-bond acceptors (Lipinski definition) is 5. The third-order valence-electron chi connectivity index (χ3n) is 7.45. The normalized spacial score (nSPS) is 19.2. The zero-order chi connectivity index (χ0) is 56.5. The molecule has 0 unspecified atom stereocenters. The third-order valence-corrected chi connectivity index (χ3v) is 7.45. The van der Waals surface area contributed by atoms with E-state index in [1.54, 1.807) is 0 Å². The molecule has 10 aromatic rings. The van der Waals surface area contributed by atoms with Gasteiger partial charge in [0.15, 0.2) is 17.5 Å². The minimum Gasteiger partial charge on any atom is -0.456 e. The SMILES string of the molecule is [2H]c1c([2H])c([2H])c(-c2nc(-c3c([2H])c([2H])c(-c4c([2H])c(-c5c([2H])c([2H])c([2H])c([2H])c5[2H])c([2H])c5oc6c([2H])c([2H])c([2H])c([2H])c6c45)c([2H])c3[2H])nc(-c3c([2H])c([2H])c([2H])c4oc5c([2H])c([2H])c([2H])c([2H])c5c34)n2)c([2H])c1[2H]. The highest BCUT2D eigenvalue weighted by Gasteiger charge is 2.19. The van der Waals surface area contributed by atoms with Gasteiger partial charge in [0.05, 0.1) is 37.0 Å². The summed E-state index contributed by atoms with van der Waals surface area (Å²) in [7, 11) is 0. The summed E-state index contributed by atoms with van der Waals surface area (Å²) in [6.07, 6.45) is 0. The lowest BCUT2D eigenvalue weighted by Crippen LogP contribution is -2.00. The Kier molecular flexibility index (Phi) is 2.79. The van der Waals surface area contributed by atoms with E-state index in [-0.39, 0.29) is 0 Å². The molecule has 0 atom stereocenters. The number of para-hydroxylation sites is 2. The van der Waals surface area contributed by atoms with E-state index in [1.165, 1.54) is 0 Å². The Labute approximate surface area is 325 Å². The first kappa shape index (κ1) is 12.2. The topological polar surface area (TPSA) is 65.0 Å². The Morgan fingerprint density at radius 3 is 1.52 bits per heavy atom. The summed E-state index contributed by atoms with van der Waals surface area (Å²) in [4.78, 5) is 13.1. The summed E-state index contributed by atoms with van der Waals surface area (Å²) in [5, 5.41) is -1.93. The van der Waals surface area contributed by atoms with Crippen LogP contribution in [0.15, 0.2) is 172 Å².